The molecule has 106 valence electrons. The number of hydrogen-bond acceptors (Lipinski definition) is 2. The van der Waals surface area contributed by atoms with Crippen LogP contribution >= 0.6 is 0 Å². The third kappa shape index (κ3) is 2.71. The van der Waals surface area contributed by atoms with Gasteiger partial charge in [0.1, 0.15) is 0 Å². The molecular weight excluding hydrogens is 234 g/mol. The van der Waals surface area contributed by atoms with Crippen molar-refractivity contribution in [3.8, 4) is 0 Å². The Bertz CT molecular complexity index is 406. The molecule has 2 fully saturated rings. The Morgan fingerprint density at radius 1 is 1.21 bits per heavy atom. The second kappa shape index (κ2) is 5.66. The van der Waals surface area contributed by atoms with Crippen LogP contribution in [0.5, 0.6) is 0 Å². The third-order valence-electron chi connectivity index (χ3n) is 5.21. The fourth-order valence-electron chi connectivity index (χ4n) is 3.82. The highest BCUT2D eigenvalue weighted by Crippen LogP contribution is 2.32. The molecule has 0 aromatic carbocycles. The fourth-order valence-corrected chi connectivity index (χ4v) is 3.82. The summed E-state index contributed by atoms with van der Waals surface area (Å²) in [6.07, 6.45) is 12.5. The van der Waals surface area contributed by atoms with E-state index in [0.717, 1.165) is 6.04 Å². The largest absolute Gasteiger partial charge is 0.300 e. The number of aromatic nitrogens is 2. The van der Waals surface area contributed by atoms with E-state index in [2.05, 4.69) is 40.9 Å². The highest BCUT2D eigenvalue weighted by atomic mass is 15.3. The summed E-state index contributed by atoms with van der Waals surface area (Å²) in [6.45, 7) is 7.03. The summed E-state index contributed by atoms with van der Waals surface area (Å²) < 4.78 is 2.25. The van der Waals surface area contributed by atoms with Crippen LogP contribution < -0.4 is 0 Å². The van der Waals surface area contributed by atoms with Gasteiger partial charge in [-0.3, -0.25) is 4.68 Å². The van der Waals surface area contributed by atoms with Crippen molar-refractivity contribution < 1.29 is 0 Å². The number of nitrogens with zero attached hydrogens (tertiary/aromatic N) is 3. The van der Waals surface area contributed by atoms with E-state index in [9.17, 15) is 0 Å². The molecule has 2 atom stereocenters. The maximum absolute atomic E-state index is 4.64. The van der Waals surface area contributed by atoms with Gasteiger partial charge in [-0.15, -0.1) is 0 Å². The Kier molecular flexibility index (Phi) is 3.92. The molecule has 1 aliphatic heterocycles. The van der Waals surface area contributed by atoms with Crippen LogP contribution in [0.2, 0.25) is 0 Å². The van der Waals surface area contributed by atoms with Crippen LogP contribution in [-0.2, 0) is 0 Å². The Labute approximate surface area is 117 Å². The fraction of sp³-hybridized carbons (Fsp3) is 0.812. The first-order chi connectivity index (χ1) is 9.28. The Balaban J connectivity index is 1.68. The molecule has 3 rings (SSSR count). The minimum atomic E-state index is 0.679. The average Bonchev–Trinajstić information content (AvgIpc) is 3.10. The van der Waals surface area contributed by atoms with Crippen molar-refractivity contribution in [3.63, 3.8) is 0 Å². The van der Waals surface area contributed by atoms with E-state index in [-0.39, 0.29) is 0 Å². The van der Waals surface area contributed by atoms with Crippen LogP contribution in [0.25, 0.3) is 0 Å². The van der Waals surface area contributed by atoms with Gasteiger partial charge in [0.05, 0.1) is 12.2 Å². The minimum absolute atomic E-state index is 0.679. The van der Waals surface area contributed by atoms with Gasteiger partial charge < -0.3 is 4.90 Å². The standard InChI is InChI=1S/C16H27N3/c1-3-18-11-14(9-8-13(18)2)15-10-17-19(12-15)16-6-4-5-7-16/h10,12-14,16H,3-9,11H2,1-2H3/t13-,14-/m1/s1. The summed E-state index contributed by atoms with van der Waals surface area (Å²) in [5, 5.41) is 4.64. The first-order valence-corrected chi connectivity index (χ1v) is 8.06. The maximum atomic E-state index is 4.64. The number of hydrogen-bond donors (Lipinski definition) is 0. The molecule has 3 heteroatoms. The molecule has 19 heavy (non-hydrogen) atoms. The van der Waals surface area contributed by atoms with Gasteiger partial charge in [0.15, 0.2) is 0 Å². The molecule has 0 unspecified atom stereocenters. The summed E-state index contributed by atoms with van der Waals surface area (Å²) >= 11 is 0. The van der Waals surface area contributed by atoms with Gasteiger partial charge in [-0.1, -0.05) is 19.8 Å². The monoisotopic (exact) mass is 261 g/mol. The highest BCUT2D eigenvalue weighted by molar-refractivity contribution is 5.14. The number of piperidine rings is 1. The molecule has 2 heterocycles. The molecule has 2 aliphatic rings. The molecule has 1 aromatic heterocycles. The molecule has 0 amide bonds. The molecule has 1 saturated heterocycles. The van der Waals surface area contributed by atoms with Gasteiger partial charge in [-0.2, -0.15) is 5.10 Å². The first-order valence-electron chi connectivity index (χ1n) is 8.06. The van der Waals surface area contributed by atoms with Crippen molar-refractivity contribution in [1.82, 2.24) is 14.7 Å². The highest BCUT2D eigenvalue weighted by Gasteiger charge is 2.27. The van der Waals surface area contributed by atoms with Crippen molar-refractivity contribution in [1.29, 1.82) is 0 Å². The average molecular weight is 261 g/mol. The maximum Gasteiger partial charge on any atom is 0.0525 e. The molecule has 1 saturated carbocycles. The number of rotatable bonds is 3. The lowest BCUT2D eigenvalue weighted by Crippen LogP contribution is -2.40. The summed E-state index contributed by atoms with van der Waals surface area (Å²) in [4.78, 5) is 2.61. The van der Waals surface area contributed by atoms with Gasteiger partial charge in [0.2, 0.25) is 0 Å². The van der Waals surface area contributed by atoms with Crippen molar-refractivity contribution in [3.05, 3.63) is 18.0 Å². The van der Waals surface area contributed by atoms with E-state index in [1.54, 1.807) is 0 Å². The molecule has 1 aromatic rings. The predicted molar refractivity (Wildman–Crippen MR) is 78.4 cm³/mol. The topological polar surface area (TPSA) is 21.1 Å². The lowest BCUT2D eigenvalue weighted by Gasteiger charge is -2.37. The van der Waals surface area contributed by atoms with Crippen LogP contribution in [-0.4, -0.2) is 33.8 Å². The normalized spacial score (nSPS) is 30.0. The minimum Gasteiger partial charge on any atom is -0.300 e. The number of likely N-dealkylation sites (tertiary alicyclic amines) is 1. The van der Waals surface area contributed by atoms with Gasteiger partial charge in [-0.25, -0.2) is 0 Å². The first kappa shape index (κ1) is 13.2. The van der Waals surface area contributed by atoms with Crippen molar-refractivity contribution in [2.24, 2.45) is 0 Å². The molecule has 0 bridgehead atoms. The predicted octanol–water partition coefficient (Wildman–Crippen LogP) is 3.59. The summed E-state index contributed by atoms with van der Waals surface area (Å²) in [6, 6.07) is 1.43. The zero-order chi connectivity index (χ0) is 13.2. The molecule has 1 aliphatic carbocycles. The van der Waals surface area contributed by atoms with Crippen molar-refractivity contribution >= 4 is 0 Å². The SMILES string of the molecule is CCN1C[C@H](c2cnn(C3CCCC3)c2)CC[C@H]1C. The van der Waals surface area contributed by atoms with Gasteiger partial charge in [0, 0.05) is 18.8 Å². The molecule has 0 spiro atoms. The lowest BCUT2D eigenvalue weighted by atomic mass is 9.89. The van der Waals surface area contributed by atoms with Crippen molar-refractivity contribution in [2.75, 3.05) is 13.1 Å². The van der Waals surface area contributed by atoms with E-state index < -0.39 is 0 Å². The molecule has 0 radical (unpaired) electrons. The van der Waals surface area contributed by atoms with E-state index >= 15 is 0 Å². The summed E-state index contributed by atoms with van der Waals surface area (Å²) in [5.41, 5.74) is 1.47. The van der Waals surface area contributed by atoms with Crippen LogP contribution in [0.3, 0.4) is 0 Å². The van der Waals surface area contributed by atoms with Gasteiger partial charge in [-0.05, 0) is 50.6 Å². The van der Waals surface area contributed by atoms with E-state index in [1.807, 2.05) is 0 Å². The van der Waals surface area contributed by atoms with E-state index in [0.29, 0.717) is 12.0 Å². The Hall–Kier alpha value is -0.830. The zero-order valence-corrected chi connectivity index (χ0v) is 12.4. The van der Waals surface area contributed by atoms with Gasteiger partial charge in [0.25, 0.3) is 0 Å². The Morgan fingerprint density at radius 3 is 2.74 bits per heavy atom. The third-order valence-corrected chi connectivity index (χ3v) is 5.21. The van der Waals surface area contributed by atoms with Crippen LogP contribution in [0.15, 0.2) is 12.4 Å². The smallest absolute Gasteiger partial charge is 0.0525 e. The van der Waals surface area contributed by atoms with Crippen LogP contribution in [0.1, 0.15) is 69.9 Å². The Morgan fingerprint density at radius 2 is 2.00 bits per heavy atom. The van der Waals surface area contributed by atoms with Crippen LogP contribution in [0, 0.1) is 0 Å². The summed E-state index contributed by atoms with van der Waals surface area (Å²) in [7, 11) is 0. The molecule has 0 N–H and O–H groups in total. The van der Waals surface area contributed by atoms with Crippen LogP contribution in [0.4, 0.5) is 0 Å². The number of likely N-dealkylation sites (N-methyl/N-ethyl adjacent to an activating group) is 1. The lowest BCUT2D eigenvalue weighted by molar-refractivity contribution is 0.152. The molecule has 3 nitrogen and oxygen atoms in total. The second-order valence-corrected chi connectivity index (χ2v) is 6.40. The zero-order valence-electron chi connectivity index (χ0n) is 12.4. The second-order valence-electron chi connectivity index (χ2n) is 6.40. The van der Waals surface area contributed by atoms with E-state index in [4.69, 9.17) is 0 Å². The summed E-state index contributed by atoms with van der Waals surface area (Å²) in [5.74, 6) is 0.700. The van der Waals surface area contributed by atoms with Gasteiger partial charge >= 0.3 is 0 Å². The quantitative estimate of drug-likeness (QED) is 0.829. The van der Waals surface area contributed by atoms with E-state index in [1.165, 1.54) is 57.2 Å². The van der Waals surface area contributed by atoms with Crippen molar-refractivity contribution in [2.45, 2.75) is 70.4 Å². The molecular formula is C16H27N3.